The Morgan fingerprint density at radius 2 is 2.21 bits per heavy atom. The van der Waals surface area contributed by atoms with Crippen molar-refractivity contribution in [3.8, 4) is 0 Å². The number of methoxy groups -OCH3 is 1. The Bertz CT molecular complexity index is 397. The van der Waals surface area contributed by atoms with Gasteiger partial charge in [-0.3, -0.25) is 24.6 Å². The van der Waals surface area contributed by atoms with E-state index >= 15 is 0 Å². The molecule has 0 radical (unpaired) electrons. The molecule has 1 saturated heterocycles. The Labute approximate surface area is 108 Å². The van der Waals surface area contributed by atoms with Gasteiger partial charge in [-0.15, -0.1) is 0 Å². The van der Waals surface area contributed by atoms with Crippen molar-refractivity contribution in [2.24, 2.45) is 0 Å². The molecule has 0 saturated carbocycles. The molecular formula is C10H15N3O6. The number of nitrogens with one attached hydrogen (secondary N) is 2. The van der Waals surface area contributed by atoms with Gasteiger partial charge in [0, 0.05) is 13.1 Å². The van der Waals surface area contributed by atoms with Gasteiger partial charge in [0.15, 0.2) is 0 Å². The summed E-state index contributed by atoms with van der Waals surface area (Å²) in [6.45, 7) is 0.402. The zero-order valence-electron chi connectivity index (χ0n) is 10.3. The van der Waals surface area contributed by atoms with Crippen LogP contribution >= 0.6 is 0 Å². The predicted molar refractivity (Wildman–Crippen MR) is 61.2 cm³/mol. The Hall–Kier alpha value is -2.16. The third-order valence-corrected chi connectivity index (χ3v) is 2.58. The molecule has 0 aliphatic carbocycles. The summed E-state index contributed by atoms with van der Waals surface area (Å²) in [6, 6.07) is -0.922. The van der Waals surface area contributed by atoms with Gasteiger partial charge in [-0.05, 0) is 0 Å². The smallest absolute Gasteiger partial charge is 0.413 e. The Kier molecular flexibility index (Phi) is 5.24. The quantitative estimate of drug-likeness (QED) is 0.548. The minimum atomic E-state index is -1.14. The molecule has 0 spiro atoms. The molecule has 1 fully saturated rings. The number of rotatable bonds is 4. The van der Waals surface area contributed by atoms with Crippen LogP contribution in [-0.2, 0) is 19.1 Å². The minimum Gasteiger partial charge on any atom is -0.481 e. The molecule has 1 aliphatic rings. The van der Waals surface area contributed by atoms with Gasteiger partial charge in [-0.25, -0.2) is 4.79 Å². The fourth-order valence-corrected chi connectivity index (χ4v) is 1.73. The molecule has 3 N–H and O–H groups in total. The van der Waals surface area contributed by atoms with E-state index in [1.54, 1.807) is 0 Å². The number of carbonyl (C=O) groups excluding carboxylic acids is 3. The van der Waals surface area contributed by atoms with E-state index in [-0.39, 0.29) is 6.54 Å². The number of nitrogens with zero attached hydrogens (tertiary/aromatic N) is 1. The molecule has 1 aliphatic heterocycles. The van der Waals surface area contributed by atoms with Crippen LogP contribution in [0.15, 0.2) is 0 Å². The zero-order valence-corrected chi connectivity index (χ0v) is 10.3. The Balaban J connectivity index is 2.62. The summed E-state index contributed by atoms with van der Waals surface area (Å²) in [6.07, 6.45) is -1.31. The Morgan fingerprint density at radius 1 is 1.53 bits per heavy atom. The van der Waals surface area contributed by atoms with Gasteiger partial charge >= 0.3 is 12.1 Å². The number of aliphatic carboxylic acids is 1. The second kappa shape index (κ2) is 6.69. The van der Waals surface area contributed by atoms with Crippen molar-refractivity contribution in [2.45, 2.75) is 12.5 Å². The van der Waals surface area contributed by atoms with E-state index in [4.69, 9.17) is 5.11 Å². The van der Waals surface area contributed by atoms with Crippen molar-refractivity contribution in [1.29, 1.82) is 0 Å². The number of carboxylic acid groups (broad SMARTS) is 1. The zero-order chi connectivity index (χ0) is 14.4. The normalized spacial score (nSPS) is 19.4. The lowest BCUT2D eigenvalue weighted by molar-refractivity contribution is -0.144. The van der Waals surface area contributed by atoms with Crippen molar-refractivity contribution in [1.82, 2.24) is 15.5 Å². The first kappa shape index (κ1) is 14.9. The van der Waals surface area contributed by atoms with Crippen molar-refractivity contribution < 1.29 is 29.0 Å². The second-order valence-electron chi connectivity index (χ2n) is 3.91. The highest BCUT2D eigenvalue weighted by molar-refractivity contribution is 5.93. The number of imide groups is 1. The van der Waals surface area contributed by atoms with Crippen molar-refractivity contribution in [3.63, 3.8) is 0 Å². The highest BCUT2D eigenvalue weighted by Crippen LogP contribution is 2.08. The molecule has 0 aromatic carbocycles. The van der Waals surface area contributed by atoms with Crippen LogP contribution in [0.2, 0.25) is 0 Å². The summed E-state index contributed by atoms with van der Waals surface area (Å²) in [5.74, 6) is -2.24. The summed E-state index contributed by atoms with van der Waals surface area (Å²) in [7, 11) is 1.12. The summed E-state index contributed by atoms with van der Waals surface area (Å²) in [5, 5.41) is 13.2. The van der Waals surface area contributed by atoms with E-state index in [0.29, 0.717) is 13.1 Å². The molecule has 1 atom stereocenters. The van der Waals surface area contributed by atoms with Crippen LogP contribution in [0.25, 0.3) is 0 Å². The van der Waals surface area contributed by atoms with Crippen LogP contribution in [0.4, 0.5) is 4.79 Å². The van der Waals surface area contributed by atoms with Crippen molar-refractivity contribution in [3.05, 3.63) is 0 Å². The lowest BCUT2D eigenvalue weighted by Gasteiger charge is -2.33. The molecule has 0 bridgehead atoms. The average molecular weight is 273 g/mol. The molecule has 9 heteroatoms. The number of ether oxygens (including phenoxy) is 1. The maximum absolute atomic E-state index is 11.6. The van der Waals surface area contributed by atoms with Gasteiger partial charge in [0.2, 0.25) is 11.8 Å². The first-order valence-electron chi connectivity index (χ1n) is 5.55. The van der Waals surface area contributed by atoms with Crippen LogP contribution in [0, 0.1) is 0 Å². The van der Waals surface area contributed by atoms with Crippen LogP contribution in [0.1, 0.15) is 6.42 Å². The number of hydrogen-bond acceptors (Lipinski definition) is 6. The van der Waals surface area contributed by atoms with E-state index < -0.39 is 36.3 Å². The van der Waals surface area contributed by atoms with Crippen LogP contribution in [-0.4, -0.2) is 66.7 Å². The standard InChI is InChI=1S/C10H15N3O6/c1-19-10(18)12-7(14)5-13-3-2-11-9(17)6(13)4-8(15)16/h6H,2-5H2,1H3,(H,11,17)(H,15,16)(H,12,14,18). The monoisotopic (exact) mass is 273 g/mol. The number of piperazine rings is 1. The molecule has 9 nitrogen and oxygen atoms in total. The molecule has 3 amide bonds. The second-order valence-corrected chi connectivity index (χ2v) is 3.91. The third-order valence-electron chi connectivity index (χ3n) is 2.58. The molecule has 1 heterocycles. The van der Waals surface area contributed by atoms with Gasteiger partial charge in [-0.1, -0.05) is 0 Å². The van der Waals surface area contributed by atoms with Gasteiger partial charge < -0.3 is 15.2 Å². The molecule has 0 aromatic heterocycles. The topological polar surface area (TPSA) is 125 Å². The summed E-state index contributed by atoms with van der Waals surface area (Å²) < 4.78 is 4.26. The van der Waals surface area contributed by atoms with E-state index in [2.05, 4.69) is 10.1 Å². The molecule has 106 valence electrons. The predicted octanol–water partition coefficient (Wildman–Crippen LogP) is -1.86. The van der Waals surface area contributed by atoms with Gasteiger partial charge in [0.1, 0.15) is 6.04 Å². The first-order chi connectivity index (χ1) is 8.93. The molecule has 1 unspecified atom stereocenters. The van der Waals surface area contributed by atoms with E-state index in [1.807, 2.05) is 5.32 Å². The molecule has 1 rings (SSSR count). The average Bonchev–Trinajstić information content (AvgIpc) is 2.33. The van der Waals surface area contributed by atoms with Crippen LogP contribution < -0.4 is 10.6 Å². The largest absolute Gasteiger partial charge is 0.481 e. The molecular weight excluding hydrogens is 258 g/mol. The summed E-state index contributed by atoms with van der Waals surface area (Å²) in [4.78, 5) is 46.0. The minimum absolute atomic E-state index is 0.250. The lowest BCUT2D eigenvalue weighted by atomic mass is 10.1. The first-order valence-corrected chi connectivity index (χ1v) is 5.55. The summed E-state index contributed by atoms with van der Waals surface area (Å²) >= 11 is 0. The highest BCUT2D eigenvalue weighted by Gasteiger charge is 2.32. The van der Waals surface area contributed by atoms with Crippen LogP contribution in [0.3, 0.4) is 0 Å². The number of carbonyl (C=O) groups is 4. The number of carboxylic acids is 1. The number of alkyl carbamates (subject to hydrolysis) is 1. The van der Waals surface area contributed by atoms with E-state index in [0.717, 1.165) is 7.11 Å². The van der Waals surface area contributed by atoms with E-state index in [9.17, 15) is 19.2 Å². The molecule has 19 heavy (non-hydrogen) atoms. The van der Waals surface area contributed by atoms with Gasteiger partial charge in [0.05, 0.1) is 20.1 Å². The SMILES string of the molecule is COC(=O)NC(=O)CN1CCNC(=O)C1CC(=O)O. The Morgan fingerprint density at radius 3 is 2.79 bits per heavy atom. The van der Waals surface area contributed by atoms with Gasteiger partial charge in [0.25, 0.3) is 0 Å². The van der Waals surface area contributed by atoms with E-state index in [1.165, 1.54) is 4.90 Å². The lowest BCUT2D eigenvalue weighted by Crippen LogP contribution is -2.58. The fraction of sp³-hybridized carbons (Fsp3) is 0.600. The fourth-order valence-electron chi connectivity index (χ4n) is 1.73. The molecule has 0 aromatic rings. The number of amides is 3. The maximum atomic E-state index is 11.6. The van der Waals surface area contributed by atoms with Crippen molar-refractivity contribution in [2.75, 3.05) is 26.7 Å². The third kappa shape index (κ3) is 4.54. The van der Waals surface area contributed by atoms with Gasteiger partial charge in [-0.2, -0.15) is 0 Å². The summed E-state index contributed by atoms with van der Waals surface area (Å²) in [5.41, 5.74) is 0. The van der Waals surface area contributed by atoms with Crippen molar-refractivity contribution >= 4 is 23.9 Å². The number of hydrogen-bond donors (Lipinski definition) is 3. The highest BCUT2D eigenvalue weighted by atomic mass is 16.5. The van der Waals surface area contributed by atoms with Crippen LogP contribution in [0.5, 0.6) is 0 Å². The maximum Gasteiger partial charge on any atom is 0.413 e.